The molecule has 0 radical (unpaired) electrons. The van der Waals surface area contributed by atoms with Crippen LogP contribution >= 0.6 is 0 Å². The third kappa shape index (κ3) is 6.68. The van der Waals surface area contributed by atoms with Gasteiger partial charge in [0.2, 0.25) is 5.91 Å². The molecule has 0 bridgehead atoms. The number of amides is 4. The molecule has 1 saturated carbocycles. The molecule has 4 amide bonds. The Morgan fingerprint density at radius 2 is 1.71 bits per heavy atom. The molecule has 2 fully saturated rings. The van der Waals surface area contributed by atoms with E-state index in [2.05, 4.69) is 34.0 Å². The number of amidine groups is 1. The Morgan fingerprint density at radius 1 is 1.00 bits per heavy atom. The molecule has 1 heterocycles. The van der Waals surface area contributed by atoms with Gasteiger partial charge in [-0.2, -0.15) is 0 Å². The molecule has 5 rings (SSSR count). The predicted molar refractivity (Wildman–Crippen MR) is 180 cm³/mol. The zero-order valence-electron chi connectivity index (χ0n) is 25.6. The monoisotopic (exact) mass is 604 g/mol. The summed E-state index contributed by atoms with van der Waals surface area (Å²) in [5, 5.41) is 2.86. The highest BCUT2D eigenvalue weighted by Gasteiger charge is 2.43. The fourth-order valence-electron chi connectivity index (χ4n) is 5.02. The Kier molecular flexibility index (Phi) is 9.20. The maximum atomic E-state index is 14.1. The van der Waals surface area contributed by atoms with E-state index >= 15 is 0 Å². The number of likely N-dealkylation sites (N-methyl/N-ethyl adjacent to an activating group) is 2. The lowest BCUT2D eigenvalue weighted by Crippen LogP contribution is -2.33. The number of hydrogen-bond donors (Lipinski definition) is 2. The first-order chi connectivity index (χ1) is 21.7. The van der Waals surface area contributed by atoms with E-state index in [0.717, 1.165) is 0 Å². The molecule has 0 spiro atoms. The van der Waals surface area contributed by atoms with E-state index in [4.69, 9.17) is 5.73 Å². The molecular weight excluding hydrogens is 568 g/mol. The summed E-state index contributed by atoms with van der Waals surface area (Å²) >= 11 is 0. The molecule has 11 heteroatoms. The summed E-state index contributed by atoms with van der Waals surface area (Å²) < 4.78 is 0. The Hall–Kier alpha value is -5.55. The molecule has 1 aliphatic heterocycles. The van der Waals surface area contributed by atoms with Crippen molar-refractivity contribution in [3.8, 4) is 0 Å². The Labute approximate surface area is 262 Å². The van der Waals surface area contributed by atoms with Crippen molar-refractivity contribution < 1.29 is 14.4 Å². The van der Waals surface area contributed by atoms with Gasteiger partial charge >= 0.3 is 6.03 Å². The molecule has 45 heavy (non-hydrogen) atoms. The van der Waals surface area contributed by atoms with E-state index in [9.17, 15) is 14.4 Å². The van der Waals surface area contributed by atoms with Gasteiger partial charge in [0.1, 0.15) is 5.70 Å². The molecule has 230 valence electrons. The molecule has 1 aliphatic carbocycles. The van der Waals surface area contributed by atoms with Crippen molar-refractivity contribution in [3.05, 3.63) is 108 Å². The Bertz CT molecular complexity index is 1690. The van der Waals surface area contributed by atoms with E-state index in [1.54, 1.807) is 93.0 Å². The highest BCUT2D eigenvalue weighted by atomic mass is 16.2. The standard InChI is InChI=1S/C34H36N8O3/c1-36-31(35)30-32(37-2)42(28-13-8-12-27(22-28)40(4)29(43)14-9-21-39(3)25-19-20-25)34(45)41(30)26-17-15-24(16-18-26)38-33(44)23-10-6-5-7-11-23/h5-18,22,25H,1,19-21,35H2,2-4H3,(H,38,44)/b14-9+,31-30+,37-32+. The highest BCUT2D eigenvalue weighted by molar-refractivity contribution is 6.36. The van der Waals surface area contributed by atoms with Gasteiger partial charge in [-0.15, -0.1) is 0 Å². The van der Waals surface area contributed by atoms with Crippen molar-refractivity contribution >= 4 is 53.1 Å². The molecule has 11 nitrogen and oxygen atoms in total. The van der Waals surface area contributed by atoms with Gasteiger partial charge in [-0.05, 0) is 81.2 Å². The van der Waals surface area contributed by atoms with Crippen LogP contribution in [-0.4, -0.2) is 69.0 Å². The van der Waals surface area contributed by atoms with Crippen molar-refractivity contribution in [2.45, 2.75) is 18.9 Å². The highest BCUT2D eigenvalue weighted by Crippen LogP contribution is 2.35. The fraction of sp³-hybridized carbons (Fsp3) is 0.206. The number of carbonyl (C=O) groups is 3. The third-order valence-corrected chi connectivity index (χ3v) is 7.70. The lowest BCUT2D eigenvalue weighted by Gasteiger charge is -2.21. The van der Waals surface area contributed by atoms with E-state index < -0.39 is 6.03 Å². The van der Waals surface area contributed by atoms with Crippen molar-refractivity contribution in [2.24, 2.45) is 15.7 Å². The van der Waals surface area contributed by atoms with Crippen LogP contribution in [-0.2, 0) is 4.79 Å². The number of rotatable bonds is 10. The largest absolute Gasteiger partial charge is 0.382 e. The summed E-state index contributed by atoms with van der Waals surface area (Å²) in [7, 11) is 5.30. The van der Waals surface area contributed by atoms with Gasteiger partial charge in [0.05, 0.1) is 11.4 Å². The first kappa shape index (κ1) is 30.9. The number of benzene rings is 3. The SMILES string of the molecule is C=N/C(N)=C1\C(=N/C)N(c2cccc(N(C)C(=O)/C=C/CN(C)C3CC3)c2)C(=O)N1c1ccc(NC(=O)c2ccccc2)cc1. The lowest BCUT2D eigenvalue weighted by atomic mass is 10.2. The first-order valence-corrected chi connectivity index (χ1v) is 14.5. The summed E-state index contributed by atoms with van der Waals surface area (Å²) in [4.78, 5) is 54.5. The predicted octanol–water partition coefficient (Wildman–Crippen LogP) is 4.86. The second kappa shape index (κ2) is 13.4. The average Bonchev–Trinajstić information content (AvgIpc) is 3.88. The average molecular weight is 605 g/mol. The normalized spacial score (nSPS) is 16.9. The van der Waals surface area contributed by atoms with Crippen LogP contribution in [0.5, 0.6) is 0 Å². The number of nitrogens with two attached hydrogens (primary N) is 1. The van der Waals surface area contributed by atoms with Gasteiger partial charge in [0.25, 0.3) is 5.91 Å². The minimum atomic E-state index is -0.451. The number of aliphatic imine (C=N–C) groups is 2. The number of anilines is 4. The number of carbonyl (C=O) groups excluding carboxylic acids is 3. The number of hydrogen-bond acceptors (Lipinski definition) is 7. The van der Waals surface area contributed by atoms with Crippen molar-refractivity contribution in [1.82, 2.24) is 4.90 Å². The minimum absolute atomic E-state index is 0.0117. The fourth-order valence-corrected chi connectivity index (χ4v) is 5.02. The summed E-state index contributed by atoms with van der Waals surface area (Å²) in [5.74, 6) is -0.161. The van der Waals surface area contributed by atoms with Crippen molar-refractivity contribution in [1.29, 1.82) is 0 Å². The molecule has 2 aliphatic rings. The lowest BCUT2D eigenvalue weighted by molar-refractivity contribution is -0.113. The van der Waals surface area contributed by atoms with Crippen LogP contribution in [0.15, 0.2) is 113 Å². The maximum absolute atomic E-state index is 14.1. The summed E-state index contributed by atoms with van der Waals surface area (Å²) in [6.07, 6.45) is 5.83. The summed E-state index contributed by atoms with van der Waals surface area (Å²) in [5.41, 5.74) is 9.17. The van der Waals surface area contributed by atoms with Crippen LogP contribution in [0.4, 0.5) is 27.5 Å². The van der Waals surface area contributed by atoms with E-state index in [0.29, 0.717) is 40.9 Å². The summed E-state index contributed by atoms with van der Waals surface area (Å²) in [6, 6.07) is 22.9. The van der Waals surface area contributed by atoms with Crippen LogP contribution in [0.2, 0.25) is 0 Å². The van der Waals surface area contributed by atoms with E-state index in [1.165, 1.54) is 27.5 Å². The Morgan fingerprint density at radius 3 is 2.36 bits per heavy atom. The summed E-state index contributed by atoms with van der Waals surface area (Å²) in [6.45, 7) is 4.26. The molecular formula is C34H36N8O3. The van der Waals surface area contributed by atoms with Gasteiger partial charge in [0, 0.05) is 49.7 Å². The number of nitrogens with zero attached hydrogens (tertiary/aromatic N) is 6. The van der Waals surface area contributed by atoms with Gasteiger partial charge < -0.3 is 16.0 Å². The Balaban J connectivity index is 1.40. The molecule has 1 saturated heterocycles. The second-order valence-electron chi connectivity index (χ2n) is 10.7. The van der Waals surface area contributed by atoms with Crippen molar-refractivity contribution in [3.63, 3.8) is 0 Å². The molecule has 3 N–H and O–H groups in total. The third-order valence-electron chi connectivity index (χ3n) is 7.70. The zero-order chi connectivity index (χ0) is 32.1. The quantitative estimate of drug-likeness (QED) is 0.253. The van der Waals surface area contributed by atoms with Crippen molar-refractivity contribution in [2.75, 3.05) is 47.7 Å². The number of urea groups is 1. The molecule has 0 unspecified atom stereocenters. The van der Waals surface area contributed by atoms with Gasteiger partial charge in [-0.3, -0.25) is 24.4 Å². The molecule has 3 aromatic carbocycles. The number of nitrogens with one attached hydrogen (secondary N) is 1. The molecule has 3 aromatic rings. The van der Waals surface area contributed by atoms with Crippen LogP contribution in [0.25, 0.3) is 0 Å². The van der Waals surface area contributed by atoms with E-state index in [1.807, 2.05) is 12.1 Å². The van der Waals surface area contributed by atoms with Crippen LogP contribution < -0.4 is 25.8 Å². The van der Waals surface area contributed by atoms with Crippen LogP contribution in [0, 0.1) is 0 Å². The molecule has 0 atom stereocenters. The zero-order valence-corrected chi connectivity index (χ0v) is 25.6. The maximum Gasteiger partial charge on any atom is 0.339 e. The second-order valence-corrected chi connectivity index (χ2v) is 10.7. The van der Waals surface area contributed by atoms with E-state index in [-0.39, 0.29) is 29.2 Å². The minimum Gasteiger partial charge on any atom is -0.382 e. The first-order valence-electron chi connectivity index (χ1n) is 14.5. The molecule has 0 aromatic heterocycles. The van der Waals surface area contributed by atoms with Crippen LogP contribution in [0.3, 0.4) is 0 Å². The van der Waals surface area contributed by atoms with Gasteiger partial charge in [-0.25, -0.2) is 14.7 Å². The van der Waals surface area contributed by atoms with Crippen LogP contribution in [0.1, 0.15) is 23.2 Å². The smallest absolute Gasteiger partial charge is 0.339 e. The topological polar surface area (TPSA) is 127 Å². The van der Waals surface area contributed by atoms with Gasteiger partial charge in [-0.1, -0.05) is 30.3 Å². The van der Waals surface area contributed by atoms with Gasteiger partial charge in [0.15, 0.2) is 11.7 Å².